The molecule has 1 aliphatic heterocycles. The molecule has 2 fully saturated rings. The van der Waals surface area contributed by atoms with Crippen LogP contribution >= 0.6 is 0 Å². The molecule has 0 atom stereocenters. The van der Waals surface area contributed by atoms with E-state index in [0.717, 1.165) is 44.6 Å². The first-order valence-electron chi connectivity index (χ1n) is 10.0. The Balaban J connectivity index is 1.33. The van der Waals surface area contributed by atoms with Crippen LogP contribution in [0.15, 0.2) is 48.5 Å². The second-order valence-corrected chi connectivity index (χ2v) is 7.76. The number of hydrogen-bond donors (Lipinski definition) is 0. The molecule has 1 saturated heterocycles. The van der Waals surface area contributed by atoms with Crippen LogP contribution in [-0.2, 0) is 16.6 Å². The van der Waals surface area contributed by atoms with E-state index in [1.807, 2.05) is 29.2 Å². The molecule has 148 valence electrons. The first-order valence-corrected chi connectivity index (χ1v) is 10.0. The Morgan fingerprint density at radius 2 is 1.71 bits per heavy atom. The fourth-order valence-electron chi connectivity index (χ4n) is 4.24. The van der Waals surface area contributed by atoms with E-state index in [4.69, 9.17) is 4.74 Å². The Labute approximate surface area is 165 Å². The standard InChI is InChI=1S/C23H27FN2O2/c1-28-21-9-5-2-6-18(21)10-13-25-14-16-26(17-15-25)22(27)23(11-12-23)19-7-3-4-8-20(19)24/h2-9H,10-17H2,1H3. The van der Waals surface area contributed by atoms with E-state index in [0.29, 0.717) is 18.7 Å². The van der Waals surface area contributed by atoms with E-state index in [1.165, 1.54) is 11.6 Å². The lowest BCUT2D eigenvalue weighted by atomic mass is 9.93. The van der Waals surface area contributed by atoms with Crippen molar-refractivity contribution in [1.29, 1.82) is 0 Å². The molecule has 4 rings (SSSR count). The fraction of sp³-hybridized carbons (Fsp3) is 0.435. The minimum Gasteiger partial charge on any atom is -0.496 e. The third kappa shape index (κ3) is 3.63. The van der Waals surface area contributed by atoms with Crippen molar-refractivity contribution in [2.24, 2.45) is 0 Å². The Bertz CT molecular complexity index is 842. The molecule has 1 saturated carbocycles. The third-order valence-electron chi connectivity index (χ3n) is 6.10. The van der Waals surface area contributed by atoms with Crippen molar-refractivity contribution < 1.29 is 13.9 Å². The summed E-state index contributed by atoms with van der Waals surface area (Å²) in [6, 6.07) is 14.8. The number of halogens is 1. The van der Waals surface area contributed by atoms with Crippen molar-refractivity contribution in [2.45, 2.75) is 24.7 Å². The molecule has 2 aromatic carbocycles. The predicted molar refractivity (Wildman–Crippen MR) is 107 cm³/mol. The highest BCUT2D eigenvalue weighted by molar-refractivity contribution is 5.91. The van der Waals surface area contributed by atoms with E-state index < -0.39 is 5.41 Å². The van der Waals surface area contributed by atoms with Gasteiger partial charge in [0.1, 0.15) is 11.6 Å². The molecule has 0 radical (unpaired) electrons. The van der Waals surface area contributed by atoms with Gasteiger partial charge in [0.05, 0.1) is 12.5 Å². The number of piperazine rings is 1. The number of para-hydroxylation sites is 1. The second kappa shape index (κ2) is 7.92. The van der Waals surface area contributed by atoms with Crippen molar-refractivity contribution >= 4 is 5.91 Å². The van der Waals surface area contributed by atoms with Gasteiger partial charge < -0.3 is 9.64 Å². The molecule has 2 aromatic rings. The zero-order valence-corrected chi connectivity index (χ0v) is 16.4. The van der Waals surface area contributed by atoms with Crippen LogP contribution in [0.5, 0.6) is 5.75 Å². The number of methoxy groups -OCH3 is 1. The minimum absolute atomic E-state index is 0.0991. The van der Waals surface area contributed by atoms with Crippen LogP contribution in [-0.4, -0.2) is 55.5 Å². The lowest BCUT2D eigenvalue weighted by Crippen LogP contribution is -2.51. The number of carbonyl (C=O) groups is 1. The number of rotatable bonds is 6. The van der Waals surface area contributed by atoms with Gasteiger partial charge in [-0.2, -0.15) is 0 Å². The van der Waals surface area contributed by atoms with E-state index in [9.17, 15) is 9.18 Å². The molecule has 1 aliphatic carbocycles. The van der Waals surface area contributed by atoms with Crippen LogP contribution in [0.2, 0.25) is 0 Å². The second-order valence-electron chi connectivity index (χ2n) is 7.76. The molecule has 0 spiro atoms. The molecule has 0 aromatic heterocycles. The Morgan fingerprint density at radius 3 is 2.39 bits per heavy atom. The summed E-state index contributed by atoms with van der Waals surface area (Å²) < 4.78 is 19.7. The van der Waals surface area contributed by atoms with Crippen molar-refractivity contribution in [3.8, 4) is 5.75 Å². The van der Waals surface area contributed by atoms with E-state index in [1.54, 1.807) is 19.2 Å². The predicted octanol–water partition coefficient (Wildman–Crippen LogP) is 3.25. The fourth-order valence-corrected chi connectivity index (χ4v) is 4.24. The van der Waals surface area contributed by atoms with Gasteiger partial charge in [-0.05, 0) is 37.0 Å². The van der Waals surface area contributed by atoms with Gasteiger partial charge in [-0.25, -0.2) is 4.39 Å². The van der Waals surface area contributed by atoms with Gasteiger partial charge in [0.25, 0.3) is 0 Å². The molecule has 2 aliphatic rings. The molecule has 4 nitrogen and oxygen atoms in total. The molecule has 0 N–H and O–H groups in total. The number of benzene rings is 2. The molecule has 1 heterocycles. The maximum Gasteiger partial charge on any atom is 0.233 e. The van der Waals surface area contributed by atoms with Crippen LogP contribution in [0, 0.1) is 5.82 Å². The molecule has 5 heteroatoms. The SMILES string of the molecule is COc1ccccc1CCN1CCN(C(=O)C2(c3ccccc3F)CC2)CC1. The Kier molecular flexibility index (Phi) is 5.36. The van der Waals surface area contributed by atoms with Gasteiger partial charge >= 0.3 is 0 Å². The topological polar surface area (TPSA) is 32.8 Å². The summed E-state index contributed by atoms with van der Waals surface area (Å²) in [4.78, 5) is 17.4. The van der Waals surface area contributed by atoms with E-state index >= 15 is 0 Å². The van der Waals surface area contributed by atoms with Crippen molar-refractivity contribution in [2.75, 3.05) is 39.8 Å². The van der Waals surface area contributed by atoms with Crippen LogP contribution in [0.4, 0.5) is 4.39 Å². The van der Waals surface area contributed by atoms with Gasteiger partial charge in [0.2, 0.25) is 5.91 Å². The summed E-state index contributed by atoms with van der Waals surface area (Å²) in [5.74, 6) is 0.766. The van der Waals surface area contributed by atoms with Crippen LogP contribution in [0.1, 0.15) is 24.0 Å². The molecule has 28 heavy (non-hydrogen) atoms. The van der Waals surface area contributed by atoms with Gasteiger partial charge in [-0.1, -0.05) is 36.4 Å². The van der Waals surface area contributed by atoms with Crippen molar-refractivity contribution in [1.82, 2.24) is 9.80 Å². The molecular formula is C23H27FN2O2. The van der Waals surface area contributed by atoms with E-state index in [-0.39, 0.29) is 11.7 Å². The average Bonchev–Trinajstić information content (AvgIpc) is 3.54. The number of nitrogens with zero attached hydrogens (tertiary/aromatic N) is 2. The lowest BCUT2D eigenvalue weighted by molar-refractivity contribution is -0.135. The summed E-state index contributed by atoms with van der Waals surface area (Å²) in [6.45, 7) is 4.07. The lowest BCUT2D eigenvalue weighted by Gasteiger charge is -2.36. The number of carbonyl (C=O) groups excluding carboxylic acids is 1. The molecular weight excluding hydrogens is 355 g/mol. The molecule has 0 bridgehead atoms. The summed E-state index contributed by atoms with van der Waals surface area (Å²) >= 11 is 0. The zero-order valence-electron chi connectivity index (χ0n) is 16.4. The van der Waals surface area contributed by atoms with Crippen LogP contribution in [0.3, 0.4) is 0 Å². The van der Waals surface area contributed by atoms with E-state index in [2.05, 4.69) is 11.0 Å². The van der Waals surface area contributed by atoms with Crippen LogP contribution in [0.25, 0.3) is 0 Å². The van der Waals surface area contributed by atoms with Gasteiger partial charge in [0.15, 0.2) is 0 Å². The summed E-state index contributed by atoms with van der Waals surface area (Å²) in [6.07, 6.45) is 2.43. The molecule has 1 amide bonds. The Morgan fingerprint density at radius 1 is 1.04 bits per heavy atom. The highest BCUT2D eigenvalue weighted by Gasteiger charge is 2.54. The minimum atomic E-state index is -0.620. The summed E-state index contributed by atoms with van der Waals surface area (Å²) in [5, 5.41) is 0. The molecule has 0 unspecified atom stereocenters. The quantitative estimate of drug-likeness (QED) is 0.769. The number of hydrogen-bond acceptors (Lipinski definition) is 3. The van der Waals surface area contributed by atoms with Crippen molar-refractivity contribution in [3.63, 3.8) is 0 Å². The highest BCUT2D eigenvalue weighted by Crippen LogP contribution is 2.50. The number of amides is 1. The smallest absolute Gasteiger partial charge is 0.233 e. The first-order chi connectivity index (χ1) is 13.6. The van der Waals surface area contributed by atoms with Gasteiger partial charge in [-0.15, -0.1) is 0 Å². The van der Waals surface area contributed by atoms with Gasteiger partial charge in [0, 0.05) is 38.3 Å². The normalized spacial score (nSPS) is 18.7. The van der Waals surface area contributed by atoms with Gasteiger partial charge in [-0.3, -0.25) is 9.69 Å². The summed E-state index contributed by atoms with van der Waals surface area (Å²) in [7, 11) is 1.70. The Hall–Kier alpha value is -2.40. The zero-order chi connectivity index (χ0) is 19.6. The monoisotopic (exact) mass is 382 g/mol. The highest BCUT2D eigenvalue weighted by atomic mass is 19.1. The summed E-state index contributed by atoms with van der Waals surface area (Å²) in [5.41, 5.74) is 1.16. The van der Waals surface area contributed by atoms with Crippen molar-refractivity contribution in [3.05, 3.63) is 65.5 Å². The maximum absolute atomic E-state index is 14.2. The maximum atomic E-state index is 14.2. The first kappa shape index (κ1) is 18.9. The van der Waals surface area contributed by atoms with Crippen LogP contribution < -0.4 is 4.74 Å². The average molecular weight is 382 g/mol. The largest absolute Gasteiger partial charge is 0.496 e. The third-order valence-corrected chi connectivity index (χ3v) is 6.10. The number of ether oxygens (including phenoxy) is 1.